The van der Waals surface area contributed by atoms with Gasteiger partial charge in [-0.15, -0.1) is 0 Å². The number of aliphatic hydroxyl groups excluding tert-OH is 2. The summed E-state index contributed by atoms with van der Waals surface area (Å²) in [6.07, 6.45) is 1.28. The smallest absolute Gasteiger partial charge is 0.309 e. The molecule has 0 radical (unpaired) electrons. The predicted molar refractivity (Wildman–Crippen MR) is 137 cm³/mol. The molecular weight excluding hydrogens is 472 g/mol. The van der Waals surface area contributed by atoms with E-state index in [-0.39, 0.29) is 59.4 Å². The zero-order valence-corrected chi connectivity index (χ0v) is 23.4. The number of carbonyl (C=O) groups excluding carboxylic acids is 3. The predicted octanol–water partition coefficient (Wildman–Crippen LogP) is 4.13. The van der Waals surface area contributed by atoms with Crippen LogP contribution in [0.1, 0.15) is 93.4 Å². The lowest BCUT2D eigenvalue weighted by Crippen LogP contribution is -2.57. The first kappa shape index (κ1) is 28.2. The van der Waals surface area contributed by atoms with Crippen LogP contribution in [0.5, 0.6) is 0 Å². The minimum atomic E-state index is -1.60. The number of carboxylic acids is 1. The summed E-state index contributed by atoms with van der Waals surface area (Å²) in [5, 5.41) is 30.2. The maximum absolute atomic E-state index is 14.0. The number of hydrogen-bond donors (Lipinski definition) is 3. The average Bonchev–Trinajstić information content (AvgIpc) is 3.01. The molecule has 7 nitrogen and oxygen atoms in total. The van der Waals surface area contributed by atoms with E-state index in [9.17, 15) is 34.5 Å². The van der Waals surface area contributed by atoms with E-state index in [4.69, 9.17) is 0 Å². The number of hydrogen-bond acceptors (Lipinski definition) is 6. The van der Waals surface area contributed by atoms with Crippen LogP contribution in [0.2, 0.25) is 0 Å². The van der Waals surface area contributed by atoms with Gasteiger partial charge in [0.15, 0.2) is 11.6 Å². The first-order chi connectivity index (χ1) is 16.9. The van der Waals surface area contributed by atoms with E-state index >= 15 is 0 Å². The molecule has 0 aromatic carbocycles. The van der Waals surface area contributed by atoms with Crippen molar-refractivity contribution in [2.24, 2.45) is 45.3 Å². The van der Waals surface area contributed by atoms with E-state index < -0.39 is 40.7 Å². The summed E-state index contributed by atoms with van der Waals surface area (Å²) in [6, 6.07) is 0. The SMILES string of the molecule is CC(C(=O)O)C(O)C(=O)C[C@@H](C)[C@H]1CC(=O)[C@@]2(C)C3=C(C(=O)C[C@]12C)[C@@]1(C)CC[C@H](O)C(C)(C)C1CC3. The molecule has 9 atom stereocenters. The number of aliphatic hydroxyl groups is 2. The van der Waals surface area contributed by atoms with E-state index in [0.717, 1.165) is 24.0 Å². The fourth-order valence-corrected chi connectivity index (χ4v) is 9.16. The summed E-state index contributed by atoms with van der Waals surface area (Å²) in [4.78, 5) is 51.9. The van der Waals surface area contributed by atoms with Gasteiger partial charge in [0.1, 0.15) is 11.9 Å². The molecule has 0 spiro atoms. The van der Waals surface area contributed by atoms with Gasteiger partial charge in [-0.1, -0.05) is 34.6 Å². The van der Waals surface area contributed by atoms with E-state index in [2.05, 4.69) is 20.8 Å². The lowest BCUT2D eigenvalue weighted by molar-refractivity contribution is -0.150. The van der Waals surface area contributed by atoms with Gasteiger partial charge in [0.2, 0.25) is 0 Å². The maximum atomic E-state index is 14.0. The number of ketones is 3. The fourth-order valence-electron chi connectivity index (χ4n) is 9.16. The lowest BCUT2D eigenvalue weighted by atomic mass is 9.43. The molecule has 0 aromatic rings. The number of fused-ring (bicyclic) bond motifs is 4. The first-order valence-electron chi connectivity index (χ1n) is 13.9. The van der Waals surface area contributed by atoms with Crippen molar-refractivity contribution in [1.29, 1.82) is 0 Å². The highest BCUT2D eigenvalue weighted by Crippen LogP contribution is 2.70. The van der Waals surface area contributed by atoms with Crippen molar-refractivity contribution in [2.75, 3.05) is 0 Å². The van der Waals surface area contributed by atoms with Gasteiger partial charge in [-0.25, -0.2) is 0 Å². The van der Waals surface area contributed by atoms with Crippen molar-refractivity contribution in [3.05, 3.63) is 11.1 Å². The quantitative estimate of drug-likeness (QED) is 0.484. The maximum Gasteiger partial charge on any atom is 0.309 e. The summed E-state index contributed by atoms with van der Waals surface area (Å²) >= 11 is 0. The number of aliphatic carboxylic acids is 1. The lowest BCUT2D eigenvalue weighted by Gasteiger charge is -2.60. The van der Waals surface area contributed by atoms with Crippen molar-refractivity contribution in [3.8, 4) is 0 Å². The van der Waals surface area contributed by atoms with E-state index in [1.807, 2.05) is 20.8 Å². The Bertz CT molecular complexity index is 1070. The van der Waals surface area contributed by atoms with Gasteiger partial charge in [-0.05, 0) is 79.1 Å². The topological polar surface area (TPSA) is 129 Å². The molecule has 7 heteroatoms. The van der Waals surface area contributed by atoms with E-state index in [1.165, 1.54) is 6.92 Å². The van der Waals surface area contributed by atoms with Crippen molar-refractivity contribution in [1.82, 2.24) is 0 Å². The number of Topliss-reactive ketones (excluding diaryl/α,β-unsaturated/α-hetero) is 3. The zero-order valence-electron chi connectivity index (χ0n) is 23.4. The molecule has 0 heterocycles. The fraction of sp³-hybridized carbons (Fsp3) is 0.800. The highest BCUT2D eigenvalue weighted by molar-refractivity contribution is 6.05. The van der Waals surface area contributed by atoms with Crippen LogP contribution in [0, 0.1) is 45.3 Å². The molecule has 0 aliphatic heterocycles. The molecule has 206 valence electrons. The molecule has 0 bridgehead atoms. The second-order valence-electron chi connectivity index (χ2n) is 13.8. The van der Waals surface area contributed by atoms with Crippen LogP contribution < -0.4 is 0 Å². The van der Waals surface area contributed by atoms with Gasteiger partial charge in [0.05, 0.1) is 17.4 Å². The van der Waals surface area contributed by atoms with Gasteiger partial charge in [0.25, 0.3) is 0 Å². The third-order valence-corrected chi connectivity index (χ3v) is 11.8. The normalized spacial score (nSPS) is 41.4. The Morgan fingerprint density at radius 2 is 1.68 bits per heavy atom. The van der Waals surface area contributed by atoms with Gasteiger partial charge in [-0.3, -0.25) is 19.2 Å². The molecule has 2 saturated carbocycles. The summed E-state index contributed by atoms with van der Waals surface area (Å²) in [7, 11) is 0. The van der Waals surface area contributed by atoms with E-state index in [1.54, 1.807) is 0 Å². The van der Waals surface area contributed by atoms with Crippen LogP contribution >= 0.6 is 0 Å². The van der Waals surface area contributed by atoms with Crippen LogP contribution in [-0.4, -0.2) is 50.8 Å². The van der Waals surface area contributed by atoms with Crippen LogP contribution in [0.4, 0.5) is 0 Å². The molecule has 0 saturated heterocycles. The van der Waals surface area contributed by atoms with Gasteiger partial charge < -0.3 is 15.3 Å². The van der Waals surface area contributed by atoms with Crippen molar-refractivity contribution < 1.29 is 34.5 Å². The van der Waals surface area contributed by atoms with Crippen molar-refractivity contribution >= 4 is 23.3 Å². The molecule has 0 aromatic heterocycles. The number of rotatable bonds is 6. The van der Waals surface area contributed by atoms with Crippen molar-refractivity contribution in [3.63, 3.8) is 0 Å². The second kappa shape index (κ2) is 8.84. The Morgan fingerprint density at radius 1 is 1.05 bits per heavy atom. The molecule has 4 aliphatic carbocycles. The van der Waals surface area contributed by atoms with Crippen LogP contribution in [0.25, 0.3) is 0 Å². The molecule has 4 aliphatic rings. The monoisotopic (exact) mass is 516 g/mol. The van der Waals surface area contributed by atoms with Crippen LogP contribution in [0.15, 0.2) is 11.1 Å². The highest BCUT2D eigenvalue weighted by atomic mass is 16.4. The average molecular weight is 517 g/mol. The second-order valence-corrected chi connectivity index (χ2v) is 13.8. The third-order valence-electron chi connectivity index (χ3n) is 11.8. The van der Waals surface area contributed by atoms with Crippen molar-refractivity contribution in [2.45, 2.75) is 106 Å². The Labute approximate surface area is 220 Å². The van der Waals surface area contributed by atoms with Crippen LogP contribution in [-0.2, 0) is 19.2 Å². The summed E-state index contributed by atoms with van der Waals surface area (Å²) in [6.45, 7) is 13.6. The molecular formula is C30H44O7. The summed E-state index contributed by atoms with van der Waals surface area (Å²) in [5.74, 6) is -3.14. The van der Waals surface area contributed by atoms with Gasteiger partial charge >= 0.3 is 5.97 Å². The molecule has 3 N–H and O–H groups in total. The molecule has 2 fully saturated rings. The zero-order chi connectivity index (χ0) is 27.9. The van der Waals surface area contributed by atoms with Gasteiger partial charge in [0, 0.05) is 24.8 Å². The minimum Gasteiger partial charge on any atom is -0.481 e. The Balaban J connectivity index is 1.71. The van der Waals surface area contributed by atoms with E-state index in [0.29, 0.717) is 12.8 Å². The van der Waals surface area contributed by atoms with Gasteiger partial charge in [-0.2, -0.15) is 0 Å². The number of allylic oxidation sites excluding steroid dienone is 2. The molecule has 0 amide bonds. The highest BCUT2D eigenvalue weighted by Gasteiger charge is 2.68. The Morgan fingerprint density at radius 3 is 2.27 bits per heavy atom. The number of carbonyl (C=O) groups is 4. The van der Waals surface area contributed by atoms with Crippen LogP contribution in [0.3, 0.4) is 0 Å². The standard InChI is InChI=1S/C30H44O7/c1-15(12-19(31)25(35)16(2)26(36)37)18-13-23(34)30(7)17-8-9-21-27(3,4)22(33)10-11-28(21,5)24(17)20(32)14-29(18,30)6/h15-16,18,21-22,25,33,35H,8-14H2,1-7H3,(H,36,37)/t15-,16?,18-,21?,22+,25?,28+,29-,30-/m1/s1. The summed E-state index contributed by atoms with van der Waals surface area (Å²) in [5.41, 5.74) is -0.363. The number of carboxylic acid groups (broad SMARTS) is 1. The Hall–Kier alpha value is -1.86. The first-order valence-corrected chi connectivity index (χ1v) is 13.9. The Kier molecular flexibility index (Phi) is 6.72. The molecule has 4 rings (SSSR count). The molecule has 37 heavy (non-hydrogen) atoms. The molecule has 3 unspecified atom stereocenters. The third kappa shape index (κ3) is 3.74. The largest absolute Gasteiger partial charge is 0.481 e. The summed E-state index contributed by atoms with van der Waals surface area (Å²) < 4.78 is 0. The minimum absolute atomic E-state index is 0.0334.